The van der Waals surface area contributed by atoms with Crippen LogP contribution in [0.1, 0.15) is 29.6 Å². The van der Waals surface area contributed by atoms with E-state index in [4.69, 9.17) is 10.5 Å². The van der Waals surface area contributed by atoms with Gasteiger partial charge in [-0.3, -0.25) is 9.59 Å². The number of urea groups is 1. The predicted molar refractivity (Wildman–Crippen MR) is 111 cm³/mol. The first-order chi connectivity index (χ1) is 14.5. The highest BCUT2D eigenvalue weighted by Crippen LogP contribution is 2.42. The third-order valence-corrected chi connectivity index (χ3v) is 6.14. The van der Waals surface area contributed by atoms with Crippen molar-refractivity contribution in [3.05, 3.63) is 64.1 Å². The zero-order valence-corrected chi connectivity index (χ0v) is 16.9. The standard InChI is InChI=1S/C22H26N4O4/c1-30-17-5-2-4-14(8-17)9-19-16-10-15(18-6-3-7-20(27)26(18)19)12-25(13-16)21(28)11-24-22(23)29/h2-8,15-16,19H,9-13H2,1H3,(H3,23,24,29)/t15-,16+,19+/m1/s1. The molecule has 3 heterocycles. The zero-order valence-electron chi connectivity index (χ0n) is 16.9. The molecular weight excluding hydrogens is 384 g/mol. The molecule has 3 amide bonds. The molecular formula is C22H26N4O4. The Hall–Kier alpha value is -3.29. The van der Waals surface area contributed by atoms with Crippen molar-refractivity contribution in [3.63, 3.8) is 0 Å². The van der Waals surface area contributed by atoms with Gasteiger partial charge in [0.1, 0.15) is 5.75 Å². The van der Waals surface area contributed by atoms with Crippen LogP contribution in [-0.2, 0) is 11.2 Å². The van der Waals surface area contributed by atoms with Gasteiger partial charge in [0.25, 0.3) is 5.56 Å². The number of primary amides is 1. The number of fused-ring (bicyclic) bond motifs is 4. The molecule has 1 saturated heterocycles. The number of carbonyl (C=O) groups is 2. The van der Waals surface area contributed by atoms with Crippen LogP contribution in [0, 0.1) is 5.92 Å². The van der Waals surface area contributed by atoms with Crippen LogP contribution in [0.3, 0.4) is 0 Å². The van der Waals surface area contributed by atoms with Gasteiger partial charge in [0.15, 0.2) is 0 Å². The molecule has 1 aromatic carbocycles. The smallest absolute Gasteiger partial charge is 0.312 e. The summed E-state index contributed by atoms with van der Waals surface area (Å²) in [5, 5.41) is 2.38. The van der Waals surface area contributed by atoms with Crippen LogP contribution < -0.4 is 21.3 Å². The van der Waals surface area contributed by atoms with E-state index in [-0.39, 0.29) is 35.9 Å². The van der Waals surface area contributed by atoms with Crippen molar-refractivity contribution in [2.45, 2.75) is 24.8 Å². The van der Waals surface area contributed by atoms with E-state index in [9.17, 15) is 14.4 Å². The molecule has 3 atom stereocenters. The molecule has 3 N–H and O–H groups in total. The highest BCUT2D eigenvalue weighted by Gasteiger charge is 2.41. The number of likely N-dealkylation sites (tertiary alicyclic amines) is 1. The minimum Gasteiger partial charge on any atom is -0.497 e. The molecule has 30 heavy (non-hydrogen) atoms. The Balaban J connectivity index is 1.65. The van der Waals surface area contributed by atoms with Crippen molar-refractivity contribution in [2.24, 2.45) is 11.7 Å². The van der Waals surface area contributed by atoms with Gasteiger partial charge in [0, 0.05) is 36.8 Å². The summed E-state index contributed by atoms with van der Waals surface area (Å²) in [4.78, 5) is 38.2. The van der Waals surface area contributed by atoms with E-state index in [0.717, 1.165) is 23.4 Å². The molecule has 8 heteroatoms. The molecule has 2 bridgehead atoms. The van der Waals surface area contributed by atoms with Gasteiger partial charge in [-0.05, 0) is 42.5 Å². The molecule has 2 aliphatic heterocycles. The number of nitrogens with one attached hydrogen (secondary N) is 1. The maximum atomic E-state index is 12.8. The fourth-order valence-corrected chi connectivity index (χ4v) is 4.82. The van der Waals surface area contributed by atoms with E-state index < -0.39 is 6.03 Å². The van der Waals surface area contributed by atoms with E-state index in [1.807, 2.05) is 34.9 Å². The van der Waals surface area contributed by atoms with Gasteiger partial charge >= 0.3 is 6.03 Å². The summed E-state index contributed by atoms with van der Waals surface area (Å²) in [6, 6.07) is 12.5. The number of amides is 3. The van der Waals surface area contributed by atoms with Crippen molar-refractivity contribution < 1.29 is 14.3 Å². The lowest BCUT2D eigenvalue weighted by atomic mass is 9.76. The Bertz CT molecular complexity index is 1020. The number of nitrogens with two attached hydrogens (primary N) is 1. The average molecular weight is 410 g/mol. The minimum absolute atomic E-state index is 0.00901. The largest absolute Gasteiger partial charge is 0.497 e. The summed E-state index contributed by atoms with van der Waals surface area (Å²) in [6.45, 7) is 0.965. The SMILES string of the molecule is COc1cccc(C[C@H]2[C@H]3C[C@H](CN(C(=O)CNC(N)=O)C3)c3cccc(=O)n32)c1. The second-order valence-corrected chi connectivity index (χ2v) is 7.99. The number of hydrogen-bond acceptors (Lipinski definition) is 4. The molecule has 0 spiro atoms. The number of carbonyl (C=O) groups excluding carboxylic acids is 2. The number of pyridine rings is 1. The lowest BCUT2D eigenvalue weighted by Gasteiger charge is -2.47. The number of rotatable bonds is 5. The molecule has 4 rings (SSSR count). The fraction of sp³-hybridized carbons (Fsp3) is 0.409. The molecule has 2 aliphatic rings. The molecule has 1 aromatic heterocycles. The fourth-order valence-electron chi connectivity index (χ4n) is 4.82. The number of piperidine rings is 1. The Morgan fingerprint density at radius 1 is 1.20 bits per heavy atom. The van der Waals surface area contributed by atoms with Crippen molar-refractivity contribution >= 4 is 11.9 Å². The molecule has 0 saturated carbocycles. The van der Waals surface area contributed by atoms with Gasteiger partial charge in [-0.15, -0.1) is 0 Å². The number of benzene rings is 1. The number of methoxy groups -OCH3 is 1. The summed E-state index contributed by atoms with van der Waals surface area (Å²) in [7, 11) is 1.63. The Morgan fingerprint density at radius 3 is 2.77 bits per heavy atom. The van der Waals surface area contributed by atoms with E-state index in [1.165, 1.54) is 0 Å². The zero-order chi connectivity index (χ0) is 21.3. The molecule has 1 fully saturated rings. The quantitative estimate of drug-likeness (QED) is 0.774. The van der Waals surface area contributed by atoms with Crippen LogP contribution in [0.2, 0.25) is 0 Å². The molecule has 8 nitrogen and oxygen atoms in total. The molecule has 0 aliphatic carbocycles. The minimum atomic E-state index is -0.714. The lowest BCUT2D eigenvalue weighted by Crippen LogP contribution is -2.53. The normalized spacial score (nSPS) is 22.2. The van der Waals surface area contributed by atoms with Gasteiger partial charge in [-0.1, -0.05) is 18.2 Å². The summed E-state index contributed by atoms with van der Waals surface area (Å²) < 4.78 is 7.27. The van der Waals surface area contributed by atoms with Crippen molar-refractivity contribution in [2.75, 3.05) is 26.7 Å². The summed E-state index contributed by atoms with van der Waals surface area (Å²) in [5.41, 5.74) is 7.14. The highest BCUT2D eigenvalue weighted by molar-refractivity contribution is 5.83. The molecule has 0 radical (unpaired) electrons. The highest BCUT2D eigenvalue weighted by atomic mass is 16.5. The number of aromatic nitrogens is 1. The molecule has 2 aromatic rings. The van der Waals surface area contributed by atoms with Gasteiger partial charge < -0.3 is 25.3 Å². The third kappa shape index (κ3) is 3.90. The van der Waals surface area contributed by atoms with Crippen LogP contribution in [0.15, 0.2) is 47.3 Å². The molecule has 0 unspecified atom stereocenters. The van der Waals surface area contributed by atoms with E-state index in [2.05, 4.69) is 5.32 Å². The van der Waals surface area contributed by atoms with Crippen LogP contribution >= 0.6 is 0 Å². The Kier molecular flexibility index (Phi) is 5.48. The number of nitrogens with zero attached hydrogens (tertiary/aromatic N) is 2. The second kappa shape index (κ2) is 8.22. The first kappa shape index (κ1) is 20.0. The number of ether oxygens (including phenoxy) is 1. The monoisotopic (exact) mass is 410 g/mol. The van der Waals surface area contributed by atoms with Gasteiger partial charge in [0.05, 0.1) is 13.7 Å². The Morgan fingerprint density at radius 2 is 2.00 bits per heavy atom. The summed E-state index contributed by atoms with van der Waals surface area (Å²) in [5.74, 6) is 0.854. The van der Waals surface area contributed by atoms with Crippen LogP contribution in [-0.4, -0.2) is 48.1 Å². The summed E-state index contributed by atoms with van der Waals surface area (Å²) in [6.07, 6.45) is 1.60. The maximum absolute atomic E-state index is 12.8. The average Bonchev–Trinajstić information content (AvgIpc) is 2.75. The van der Waals surface area contributed by atoms with Crippen LogP contribution in [0.25, 0.3) is 0 Å². The maximum Gasteiger partial charge on any atom is 0.312 e. The number of hydrogen-bond donors (Lipinski definition) is 2. The summed E-state index contributed by atoms with van der Waals surface area (Å²) >= 11 is 0. The van der Waals surface area contributed by atoms with E-state index in [0.29, 0.717) is 19.5 Å². The first-order valence-electron chi connectivity index (χ1n) is 10.1. The van der Waals surface area contributed by atoms with Gasteiger partial charge in [0.2, 0.25) is 5.91 Å². The van der Waals surface area contributed by atoms with Crippen molar-refractivity contribution in [3.8, 4) is 5.75 Å². The van der Waals surface area contributed by atoms with Crippen LogP contribution in [0.4, 0.5) is 4.79 Å². The van der Waals surface area contributed by atoms with Crippen molar-refractivity contribution in [1.82, 2.24) is 14.8 Å². The molecule has 158 valence electrons. The van der Waals surface area contributed by atoms with E-state index >= 15 is 0 Å². The van der Waals surface area contributed by atoms with Gasteiger partial charge in [-0.2, -0.15) is 0 Å². The van der Waals surface area contributed by atoms with Crippen molar-refractivity contribution in [1.29, 1.82) is 0 Å². The van der Waals surface area contributed by atoms with E-state index in [1.54, 1.807) is 24.1 Å². The predicted octanol–water partition coefficient (Wildman–Crippen LogP) is 1.25. The first-order valence-corrected chi connectivity index (χ1v) is 10.1. The Labute approximate surface area is 174 Å². The van der Waals surface area contributed by atoms with Gasteiger partial charge in [-0.25, -0.2) is 4.79 Å². The van der Waals surface area contributed by atoms with Crippen LogP contribution in [0.5, 0.6) is 5.75 Å². The third-order valence-electron chi connectivity index (χ3n) is 6.14. The lowest BCUT2D eigenvalue weighted by molar-refractivity contribution is -0.133. The topological polar surface area (TPSA) is 107 Å². The second-order valence-electron chi connectivity index (χ2n) is 7.99.